The average molecular weight is 269 g/mol. The topological polar surface area (TPSA) is 21.3 Å². The van der Waals surface area contributed by atoms with Gasteiger partial charge in [0.05, 0.1) is 18.8 Å². The Morgan fingerprint density at radius 2 is 2.39 bits per heavy atom. The van der Waals surface area contributed by atoms with E-state index in [1.807, 2.05) is 24.8 Å². The largest absolute Gasteiger partial charge is 0.375 e. The Kier molecular flexibility index (Phi) is 5.03. The van der Waals surface area contributed by atoms with E-state index in [0.29, 0.717) is 0 Å². The molecule has 0 spiro atoms. The van der Waals surface area contributed by atoms with E-state index < -0.39 is 0 Å². The van der Waals surface area contributed by atoms with Gasteiger partial charge in [0.2, 0.25) is 0 Å². The minimum atomic E-state index is -0.179. The zero-order valence-electron chi connectivity index (χ0n) is 10.9. The van der Waals surface area contributed by atoms with Crippen molar-refractivity contribution in [2.75, 3.05) is 24.7 Å². The quantitative estimate of drug-likeness (QED) is 0.908. The second-order valence-electron chi connectivity index (χ2n) is 4.52. The molecule has 1 saturated heterocycles. The van der Waals surface area contributed by atoms with Crippen LogP contribution in [0.3, 0.4) is 0 Å². The molecule has 0 saturated carbocycles. The Bertz CT molecular complexity index is 393. The van der Waals surface area contributed by atoms with Gasteiger partial charge < -0.3 is 10.1 Å². The first-order valence-corrected chi connectivity index (χ1v) is 7.56. The van der Waals surface area contributed by atoms with Crippen molar-refractivity contribution in [2.24, 2.45) is 0 Å². The summed E-state index contributed by atoms with van der Waals surface area (Å²) in [6.07, 6.45) is 0.129. The molecule has 0 amide bonds. The molecule has 0 aliphatic carbocycles. The second-order valence-corrected chi connectivity index (χ2v) is 5.67. The molecule has 2 rings (SSSR count). The van der Waals surface area contributed by atoms with Crippen LogP contribution in [0.25, 0.3) is 0 Å². The fraction of sp³-hybridized carbons (Fsp3) is 0.571. The summed E-state index contributed by atoms with van der Waals surface area (Å²) in [5, 5.41) is 3.43. The number of thioether (sulfide) groups is 1. The number of likely N-dealkylation sites (N-methyl/N-ethyl adjacent to an activating group) is 1. The highest BCUT2D eigenvalue weighted by molar-refractivity contribution is 7.99. The lowest BCUT2D eigenvalue weighted by molar-refractivity contribution is 0.0470. The number of rotatable bonds is 4. The predicted octanol–water partition coefficient (Wildman–Crippen LogP) is 2.92. The van der Waals surface area contributed by atoms with Crippen molar-refractivity contribution < 1.29 is 9.13 Å². The van der Waals surface area contributed by atoms with Crippen LogP contribution in [0.2, 0.25) is 0 Å². The monoisotopic (exact) mass is 269 g/mol. The molecule has 2 nitrogen and oxygen atoms in total. The third-order valence-electron chi connectivity index (χ3n) is 3.21. The fourth-order valence-electron chi connectivity index (χ4n) is 2.31. The summed E-state index contributed by atoms with van der Waals surface area (Å²) in [5.41, 5.74) is 2.13. The summed E-state index contributed by atoms with van der Waals surface area (Å²) < 4.78 is 19.3. The predicted molar refractivity (Wildman–Crippen MR) is 74.6 cm³/mol. The van der Waals surface area contributed by atoms with Crippen molar-refractivity contribution in [3.63, 3.8) is 0 Å². The summed E-state index contributed by atoms with van der Waals surface area (Å²) in [4.78, 5) is 0. The summed E-state index contributed by atoms with van der Waals surface area (Å²) >= 11 is 1.90. The first-order chi connectivity index (χ1) is 8.72. The van der Waals surface area contributed by atoms with Crippen LogP contribution >= 0.6 is 11.8 Å². The third-order valence-corrected chi connectivity index (χ3v) is 4.23. The smallest absolute Gasteiger partial charge is 0.123 e. The van der Waals surface area contributed by atoms with E-state index in [0.717, 1.165) is 35.8 Å². The molecule has 1 N–H and O–H groups in total. The second kappa shape index (κ2) is 6.55. The molecule has 0 radical (unpaired) electrons. The maximum absolute atomic E-state index is 13.4. The number of nitrogens with one attached hydrogen (secondary N) is 1. The summed E-state index contributed by atoms with van der Waals surface area (Å²) in [5.74, 6) is 1.84. The minimum absolute atomic E-state index is 0.0819. The van der Waals surface area contributed by atoms with E-state index >= 15 is 0 Å². The first kappa shape index (κ1) is 13.8. The van der Waals surface area contributed by atoms with Gasteiger partial charge in [-0.1, -0.05) is 13.0 Å². The van der Waals surface area contributed by atoms with Crippen molar-refractivity contribution in [1.29, 1.82) is 0 Å². The van der Waals surface area contributed by atoms with E-state index in [4.69, 9.17) is 4.74 Å². The number of halogens is 1. The van der Waals surface area contributed by atoms with Crippen molar-refractivity contribution >= 4 is 11.8 Å². The SMILES string of the molecule is CCNC(c1cc(F)ccc1C)C1CSCCO1. The van der Waals surface area contributed by atoms with Crippen LogP contribution in [-0.4, -0.2) is 30.8 Å². The highest BCUT2D eigenvalue weighted by atomic mass is 32.2. The molecule has 0 aromatic heterocycles. The van der Waals surface area contributed by atoms with Crippen LogP contribution in [0.4, 0.5) is 4.39 Å². The van der Waals surface area contributed by atoms with Crippen LogP contribution in [0.5, 0.6) is 0 Å². The molecule has 1 aliphatic rings. The Hall–Kier alpha value is -0.580. The first-order valence-electron chi connectivity index (χ1n) is 6.41. The lowest BCUT2D eigenvalue weighted by atomic mass is 9.97. The van der Waals surface area contributed by atoms with Crippen molar-refractivity contribution in [1.82, 2.24) is 5.32 Å². The lowest BCUT2D eigenvalue weighted by Crippen LogP contribution is -2.38. The normalized spacial score (nSPS) is 21.8. The van der Waals surface area contributed by atoms with E-state index in [1.54, 1.807) is 6.07 Å². The van der Waals surface area contributed by atoms with Crippen LogP contribution in [-0.2, 0) is 4.74 Å². The molecule has 4 heteroatoms. The maximum Gasteiger partial charge on any atom is 0.123 e. The third kappa shape index (κ3) is 3.25. The molecule has 1 aromatic rings. The molecule has 1 heterocycles. The van der Waals surface area contributed by atoms with Crippen LogP contribution in [0.15, 0.2) is 18.2 Å². The van der Waals surface area contributed by atoms with Gasteiger partial charge in [-0.25, -0.2) is 4.39 Å². The number of hydrogen-bond acceptors (Lipinski definition) is 3. The zero-order chi connectivity index (χ0) is 13.0. The summed E-state index contributed by atoms with van der Waals surface area (Å²) in [7, 11) is 0. The van der Waals surface area contributed by atoms with E-state index in [9.17, 15) is 4.39 Å². The standard InChI is InChI=1S/C14H20FNOS/c1-3-16-14(13-9-18-7-6-17-13)12-8-11(15)5-4-10(12)2/h4-5,8,13-14,16H,3,6-7,9H2,1-2H3. The Morgan fingerprint density at radius 3 is 3.06 bits per heavy atom. The van der Waals surface area contributed by atoms with E-state index in [2.05, 4.69) is 12.2 Å². The van der Waals surface area contributed by atoms with Crippen molar-refractivity contribution in [3.05, 3.63) is 35.1 Å². The van der Waals surface area contributed by atoms with Gasteiger partial charge in [-0.05, 0) is 36.7 Å². The Balaban J connectivity index is 2.24. The Labute approximate surface area is 112 Å². The van der Waals surface area contributed by atoms with Crippen LogP contribution < -0.4 is 5.32 Å². The molecule has 2 unspecified atom stereocenters. The highest BCUT2D eigenvalue weighted by Gasteiger charge is 2.26. The summed E-state index contributed by atoms with van der Waals surface area (Å²) in [6.45, 7) is 5.73. The highest BCUT2D eigenvalue weighted by Crippen LogP contribution is 2.28. The van der Waals surface area contributed by atoms with Gasteiger partial charge in [0, 0.05) is 11.5 Å². The van der Waals surface area contributed by atoms with E-state index in [1.165, 1.54) is 6.07 Å². The van der Waals surface area contributed by atoms with E-state index in [-0.39, 0.29) is 18.0 Å². The number of aryl methyl sites for hydroxylation is 1. The molecule has 1 fully saturated rings. The van der Waals surface area contributed by atoms with Gasteiger partial charge in [-0.3, -0.25) is 0 Å². The Morgan fingerprint density at radius 1 is 1.56 bits per heavy atom. The van der Waals surface area contributed by atoms with Gasteiger partial charge >= 0.3 is 0 Å². The molecular formula is C14H20FNOS. The van der Waals surface area contributed by atoms with Crippen molar-refractivity contribution in [2.45, 2.75) is 26.0 Å². The van der Waals surface area contributed by atoms with Crippen molar-refractivity contribution in [3.8, 4) is 0 Å². The molecule has 100 valence electrons. The zero-order valence-corrected chi connectivity index (χ0v) is 11.7. The average Bonchev–Trinajstić information content (AvgIpc) is 2.40. The lowest BCUT2D eigenvalue weighted by Gasteiger charge is -2.32. The molecule has 1 aliphatic heterocycles. The van der Waals surface area contributed by atoms with Gasteiger partial charge in [-0.15, -0.1) is 0 Å². The van der Waals surface area contributed by atoms with Crippen LogP contribution in [0, 0.1) is 12.7 Å². The number of ether oxygens (including phenoxy) is 1. The van der Waals surface area contributed by atoms with Crippen LogP contribution in [0.1, 0.15) is 24.1 Å². The van der Waals surface area contributed by atoms with Gasteiger partial charge in [0.1, 0.15) is 5.82 Å². The van der Waals surface area contributed by atoms with Gasteiger partial charge in [0.15, 0.2) is 0 Å². The molecule has 18 heavy (non-hydrogen) atoms. The van der Waals surface area contributed by atoms with Gasteiger partial charge in [-0.2, -0.15) is 11.8 Å². The molecule has 2 atom stereocenters. The molecule has 0 bridgehead atoms. The fourth-order valence-corrected chi connectivity index (χ4v) is 3.21. The van der Waals surface area contributed by atoms with Gasteiger partial charge in [0.25, 0.3) is 0 Å². The number of benzene rings is 1. The number of hydrogen-bond donors (Lipinski definition) is 1. The molecular weight excluding hydrogens is 249 g/mol. The minimum Gasteiger partial charge on any atom is -0.375 e. The summed E-state index contributed by atoms with van der Waals surface area (Å²) in [6, 6.07) is 5.06. The maximum atomic E-state index is 13.4. The molecule has 1 aromatic carbocycles.